The topological polar surface area (TPSA) is 49.4 Å². The summed E-state index contributed by atoms with van der Waals surface area (Å²) < 4.78 is 24.4. The largest absolute Gasteiger partial charge is 0.310 e. The molecule has 0 unspecified atom stereocenters. The van der Waals surface area contributed by atoms with Crippen molar-refractivity contribution in [3.8, 4) is 0 Å². The van der Waals surface area contributed by atoms with Crippen molar-refractivity contribution in [3.05, 3.63) is 32.8 Å². The molecule has 0 atom stereocenters. The third kappa shape index (κ3) is 4.47. The molecule has 1 saturated heterocycles. The molecule has 1 aliphatic rings. The Labute approximate surface area is 140 Å². The van der Waals surface area contributed by atoms with Gasteiger partial charge in [-0.2, -0.15) is 0 Å². The van der Waals surface area contributed by atoms with Gasteiger partial charge in [-0.05, 0) is 25.0 Å². The molecule has 0 saturated carbocycles. The number of nitrogens with zero attached hydrogens (tertiary/aromatic N) is 1. The molecule has 0 radical (unpaired) electrons. The maximum absolute atomic E-state index is 11.5. The van der Waals surface area contributed by atoms with E-state index in [0.29, 0.717) is 34.7 Å². The number of halogens is 3. The molecule has 0 aliphatic carbocycles. The molecule has 4 nitrogen and oxygen atoms in total. The van der Waals surface area contributed by atoms with E-state index in [9.17, 15) is 8.42 Å². The van der Waals surface area contributed by atoms with Crippen LogP contribution >= 0.6 is 34.8 Å². The molecule has 21 heavy (non-hydrogen) atoms. The third-order valence-electron chi connectivity index (χ3n) is 3.63. The first-order valence-electron chi connectivity index (χ1n) is 6.60. The van der Waals surface area contributed by atoms with Crippen LogP contribution in [0.3, 0.4) is 0 Å². The molecule has 8 heteroatoms. The number of nitrogens with one attached hydrogen (secondary N) is 1. The molecule has 2 rings (SSSR count). The first kappa shape index (κ1) is 17.3. The number of hydrogen-bond donors (Lipinski definition) is 1. The standard InChI is InChI=1S/C13H17Cl3N2O2S/c1-21(19,20)18-6-4-9(5-7-18)17-8-10-11(14)2-3-12(15)13(10)16/h2-3,9,17H,4-8H2,1H3. The summed E-state index contributed by atoms with van der Waals surface area (Å²) in [5.74, 6) is 0. The molecule has 1 aromatic carbocycles. The normalized spacial score (nSPS) is 18.1. The van der Waals surface area contributed by atoms with Gasteiger partial charge >= 0.3 is 0 Å². The fraction of sp³-hybridized carbons (Fsp3) is 0.538. The Morgan fingerprint density at radius 1 is 1.19 bits per heavy atom. The highest BCUT2D eigenvalue weighted by atomic mass is 35.5. The van der Waals surface area contributed by atoms with Crippen LogP contribution in [0.15, 0.2) is 12.1 Å². The number of sulfonamides is 1. The summed E-state index contributed by atoms with van der Waals surface area (Å²) >= 11 is 18.3. The van der Waals surface area contributed by atoms with Crippen molar-refractivity contribution >= 4 is 44.8 Å². The summed E-state index contributed by atoms with van der Waals surface area (Å²) in [5.41, 5.74) is 0.774. The fourth-order valence-corrected chi connectivity index (χ4v) is 3.92. The summed E-state index contributed by atoms with van der Waals surface area (Å²) in [4.78, 5) is 0. The van der Waals surface area contributed by atoms with Gasteiger partial charge in [0.1, 0.15) is 0 Å². The number of benzene rings is 1. The van der Waals surface area contributed by atoms with Gasteiger partial charge in [0.25, 0.3) is 0 Å². The quantitative estimate of drug-likeness (QED) is 0.827. The molecule has 1 fully saturated rings. The Kier molecular flexibility index (Phi) is 5.79. The predicted octanol–water partition coefficient (Wildman–Crippen LogP) is 3.16. The van der Waals surface area contributed by atoms with Gasteiger partial charge in [-0.25, -0.2) is 12.7 Å². The summed E-state index contributed by atoms with van der Waals surface area (Å²) in [6.45, 7) is 1.59. The van der Waals surface area contributed by atoms with Gasteiger partial charge < -0.3 is 5.32 Å². The molecule has 0 amide bonds. The molecule has 1 heterocycles. The number of piperidine rings is 1. The van der Waals surface area contributed by atoms with E-state index in [1.807, 2.05) is 0 Å². The second-order valence-electron chi connectivity index (χ2n) is 5.14. The van der Waals surface area contributed by atoms with E-state index in [4.69, 9.17) is 34.8 Å². The number of rotatable bonds is 4. The van der Waals surface area contributed by atoms with E-state index in [-0.39, 0.29) is 6.04 Å². The Morgan fingerprint density at radius 3 is 2.33 bits per heavy atom. The molecule has 0 bridgehead atoms. The van der Waals surface area contributed by atoms with Crippen molar-refractivity contribution in [3.63, 3.8) is 0 Å². The molecular weight excluding hydrogens is 355 g/mol. The molecule has 0 spiro atoms. The fourth-order valence-electron chi connectivity index (χ4n) is 2.37. The third-order valence-corrected chi connectivity index (χ3v) is 6.13. The molecule has 1 N–H and O–H groups in total. The lowest BCUT2D eigenvalue weighted by molar-refractivity contribution is 0.290. The highest BCUT2D eigenvalue weighted by Crippen LogP contribution is 2.31. The van der Waals surface area contributed by atoms with Crippen molar-refractivity contribution in [2.75, 3.05) is 19.3 Å². The van der Waals surface area contributed by atoms with Gasteiger partial charge in [0.05, 0.1) is 16.3 Å². The zero-order valence-electron chi connectivity index (χ0n) is 11.6. The van der Waals surface area contributed by atoms with E-state index in [0.717, 1.165) is 18.4 Å². The lowest BCUT2D eigenvalue weighted by atomic mass is 10.1. The lowest BCUT2D eigenvalue weighted by Crippen LogP contribution is -2.44. The first-order valence-corrected chi connectivity index (χ1v) is 9.58. The summed E-state index contributed by atoms with van der Waals surface area (Å²) in [5, 5.41) is 4.88. The predicted molar refractivity (Wildman–Crippen MR) is 87.8 cm³/mol. The SMILES string of the molecule is CS(=O)(=O)N1CCC(NCc2c(Cl)ccc(Cl)c2Cl)CC1. The zero-order chi connectivity index (χ0) is 15.6. The van der Waals surface area contributed by atoms with Crippen LogP contribution < -0.4 is 5.32 Å². The minimum atomic E-state index is -3.09. The van der Waals surface area contributed by atoms with Crippen LogP contribution in [0, 0.1) is 0 Å². The Balaban J connectivity index is 1.93. The van der Waals surface area contributed by atoms with Crippen LogP contribution in [-0.2, 0) is 16.6 Å². The highest BCUT2D eigenvalue weighted by molar-refractivity contribution is 7.88. The molecule has 118 valence electrons. The van der Waals surface area contributed by atoms with E-state index < -0.39 is 10.0 Å². The summed E-state index contributed by atoms with van der Waals surface area (Å²) in [6, 6.07) is 3.63. The maximum atomic E-state index is 11.5. The van der Waals surface area contributed by atoms with Crippen LogP contribution in [0.2, 0.25) is 15.1 Å². The average molecular weight is 372 g/mol. The van der Waals surface area contributed by atoms with Gasteiger partial charge in [0, 0.05) is 36.3 Å². The van der Waals surface area contributed by atoms with Crippen LogP contribution in [0.1, 0.15) is 18.4 Å². The molecular formula is C13H17Cl3N2O2S. The average Bonchev–Trinajstić information content (AvgIpc) is 2.43. The van der Waals surface area contributed by atoms with Gasteiger partial charge in [0.15, 0.2) is 0 Å². The first-order chi connectivity index (χ1) is 9.79. The van der Waals surface area contributed by atoms with E-state index in [2.05, 4.69) is 5.32 Å². The highest BCUT2D eigenvalue weighted by Gasteiger charge is 2.24. The maximum Gasteiger partial charge on any atom is 0.211 e. The van der Waals surface area contributed by atoms with Crippen molar-refractivity contribution in [2.24, 2.45) is 0 Å². The second kappa shape index (κ2) is 7.02. The zero-order valence-corrected chi connectivity index (χ0v) is 14.7. The van der Waals surface area contributed by atoms with E-state index in [1.165, 1.54) is 10.6 Å². The van der Waals surface area contributed by atoms with Crippen molar-refractivity contribution in [2.45, 2.75) is 25.4 Å². The van der Waals surface area contributed by atoms with Gasteiger partial charge in [-0.15, -0.1) is 0 Å². The van der Waals surface area contributed by atoms with E-state index in [1.54, 1.807) is 12.1 Å². The summed E-state index contributed by atoms with van der Waals surface area (Å²) in [6.07, 6.45) is 2.78. The van der Waals surface area contributed by atoms with Gasteiger partial charge in [-0.3, -0.25) is 0 Å². The van der Waals surface area contributed by atoms with Crippen molar-refractivity contribution in [1.82, 2.24) is 9.62 Å². The second-order valence-corrected chi connectivity index (χ2v) is 8.31. The van der Waals surface area contributed by atoms with E-state index >= 15 is 0 Å². The molecule has 1 aliphatic heterocycles. The minimum Gasteiger partial charge on any atom is -0.310 e. The smallest absolute Gasteiger partial charge is 0.211 e. The monoisotopic (exact) mass is 370 g/mol. The van der Waals surface area contributed by atoms with Gasteiger partial charge in [0.2, 0.25) is 10.0 Å². The Morgan fingerprint density at radius 2 is 1.76 bits per heavy atom. The molecule has 0 aromatic heterocycles. The van der Waals surface area contributed by atoms with Crippen LogP contribution in [-0.4, -0.2) is 38.1 Å². The Hall–Kier alpha value is -0.0400. The van der Waals surface area contributed by atoms with Crippen molar-refractivity contribution in [1.29, 1.82) is 0 Å². The minimum absolute atomic E-state index is 0.245. The van der Waals surface area contributed by atoms with Gasteiger partial charge in [-0.1, -0.05) is 34.8 Å². The number of hydrogen-bond acceptors (Lipinski definition) is 3. The summed E-state index contributed by atoms with van der Waals surface area (Å²) in [7, 11) is -3.09. The lowest BCUT2D eigenvalue weighted by Gasteiger charge is -2.31. The Bertz CT molecular complexity index is 614. The molecule has 1 aromatic rings. The van der Waals surface area contributed by atoms with Crippen LogP contribution in [0.5, 0.6) is 0 Å². The van der Waals surface area contributed by atoms with Crippen LogP contribution in [0.25, 0.3) is 0 Å². The van der Waals surface area contributed by atoms with Crippen LogP contribution in [0.4, 0.5) is 0 Å². The van der Waals surface area contributed by atoms with Crippen molar-refractivity contribution < 1.29 is 8.42 Å².